The molecule has 1 aliphatic rings. The van der Waals surface area contributed by atoms with Crippen molar-refractivity contribution in [2.24, 2.45) is 0 Å². The van der Waals surface area contributed by atoms with Crippen LogP contribution in [-0.2, 0) is 19.4 Å². The van der Waals surface area contributed by atoms with Crippen LogP contribution in [0.2, 0.25) is 0 Å². The zero-order chi connectivity index (χ0) is 16.9. The number of nitrogens with zero attached hydrogens (tertiary/aromatic N) is 1. The highest BCUT2D eigenvalue weighted by Crippen LogP contribution is 2.33. The Morgan fingerprint density at radius 2 is 1.88 bits per heavy atom. The molecule has 0 bridgehead atoms. The smallest absolute Gasteiger partial charge is 0.161 e. The summed E-state index contributed by atoms with van der Waals surface area (Å²) >= 11 is 0. The Bertz CT molecular complexity index is 660. The van der Waals surface area contributed by atoms with Crippen molar-refractivity contribution in [3.63, 3.8) is 0 Å². The van der Waals surface area contributed by atoms with E-state index in [0.717, 1.165) is 48.8 Å². The van der Waals surface area contributed by atoms with Crippen molar-refractivity contribution in [2.75, 3.05) is 13.2 Å². The van der Waals surface area contributed by atoms with E-state index >= 15 is 0 Å². The average Bonchev–Trinajstić information content (AvgIpc) is 3.04. The summed E-state index contributed by atoms with van der Waals surface area (Å²) < 4.78 is 16.8. The van der Waals surface area contributed by atoms with E-state index in [2.05, 4.69) is 43.4 Å². The molecular formula is C19H26N2O3. The molecule has 1 N–H and O–H groups in total. The van der Waals surface area contributed by atoms with Gasteiger partial charge in [-0.05, 0) is 30.5 Å². The van der Waals surface area contributed by atoms with Gasteiger partial charge in [-0.1, -0.05) is 32.0 Å². The fourth-order valence-electron chi connectivity index (χ4n) is 3.14. The highest BCUT2D eigenvalue weighted by atomic mass is 16.6. The number of ether oxygens (including phenoxy) is 2. The number of fused-ring (bicyclic) bond motifs is 1. The predicted octanol–water partition coefficient (Wildman–Crippen LogP) is 3.81. The molecular weight excluding hydrogens is 304 g/mol. The number of hydrogen-bond acceptors (Lipinski definition) is 5. The number of aryl methyl sites for hydroxylation is 2. The van der Waals surface area contributed by atoms with Gasteiger partial charge in [0.25, 0.3) is 0 Å². The summed E-state index contributed by atoms with van der Waals surface area (Å²) in [6.07, 6.45) is 2.75. The zero-order valence-corrected chi connectivity index (χ0v) is 14.7. The largest absolute Gasteiger partial charge is 0.486 e. The maximum atomic E-state index is 5.70. The number of benzene rings is 1. The lowest BCUT2D eigenvalue weighted by Crippen LogP contribution is -2.22. The highest BCUT2D eigenvalue weighted by molar-refractivity contribution is 5.44. The summed E-state index contributed by atoms with van der Waals surface area (Å²) in [7, 11) is 0. The van der Waals surface area contributed by atoms with Crippen LogP contribution in [0.4, 0.5) is 0 Å². The standard InChI is InChI=1S/C19H26N2O3/c1-4-15(13-7-8-18-19(11-13)23-10-9-22-18)20-12-14-16(5-2)21-24-17(14)6-3/h7-8,11,15,20H,4-6,9-10,12H2,1-3H3/t15-/m0/s1. The number of nitrogens with one attached hydrogen (secondary N) is 1. The minimum absolute atomic E-state index is 0.255. The van der Waals surface area contributed by atoms with Crippen LogP contribution >= 0.6 is 0 Å². The monoisotopic (exact) mass is 330 g/mol. The Morgan fingerprint density at radius 1 is 1.08 bits per heavy atom. The summed E-state index contributed by atoms with van der Waals surface area (Å²) in [6, 6.07) is 6.46. The van der Waals surface area contributed by atoms with Crippen LogP contribution in [0, 0.1) is 0 Å². The van der Waals surface area contributed by atoms with Crippen molar-refractivity contribution < 1.29 is 14.0 Å². The lowest BCUT2D eigenvalue weighted by Gasteiger charge is -2.22. The van der Waals surface area contributed by atoms with Crippen LogP contribution in [0.3, 0.4) is 0 Å². The Morgan fingerprint density at radius 3 is 2.58 bits per heavy atom. The summed E-state index contributed by atoms with van der Waals surface area (Å²) in [5, 5.41) is 7.84. The zero-order valence-electron chi connectivity index (χ0n) is 14.7. The van der Waals surface area contributed by atoms with Gasteiger partial charge in [-0.25, -0.2) is 0 Å². The normalized spacial score (nSPS) is 14.6. The number of aromatic nitrogens is 1. The molecule has 5 heteroatoms. The van der Waals surface area contributed by atoms with Gasteiger partial charge in [0.05, 0.1) is 5.69 Å². The number of rotatable bonds is 7. The fourth-order valence-corrected chi connectivity index (χ4v) is 3.14. The SMILES string of the molecule is CCc1noc(CC)c1CN[C@@H](CC)c1ccc2c(c1)OCCO2. The Kier molecular flexibility index (Phi) is 5.41. The molecule has 1 aliphatic heterocycles. The van der Waals surface area contributed by atoms with Crippen LogP contribution < -0.4 is 14.8 Å². The molecule has 0 fully saturated rings. The lowest BCUT2D eigenvalue weighted by molar-refractivity contribution is 0.171. The molecule has 24 heavy (non-hydrogen) atoms. The molecule has 1 aromatic heterocycles. The molecule has 1 atom stereocenters. The molecule has 1 aromatic carbocycles. The molecule has 0 saturated carbocycles. The van der Waals surface area contributed by atoms with Crippen LogP contribution in [0.1, 0.15) is 55.8 Å². The lowest BCUT2D eigenvalue weighted by atomic mass is 10.0. The third kappa shape index (κ3) is 3.41. The van der Waals surface area contributed by atoms with Crippen LogP contribution in [0.25, 0.3) is 0 Å². The van der Waals surface area contributed by atoms with Crippen molar-refractivity contribution in [3.8, 4) is 11.5 Å². The molecule has 0 unspecified atom stereocenters. The maximum Gasteiger partial charge on any atom is 0.161 e. The quantitative estimate of drug-likeness (QED) is 0.836. The van der Waals surface area contributed by atoms with Gasteiger partial charge >= 0.3 is 0 Å². The second kappa shape index (κ2) is 7.71. The van der Waals surface area contributed by atoms with Gasteiger partial charge in [-0.15, -0.1) is 0 Å². The highest BCUT2D eigenvalue weighted by Gasteiger charge is 2.18. The van der Waals surface area contributed by atoms with E-state index in [1.54, 1.807) is 0 Å². The van der Waals surface area contributed by atoms with Gasteiger partial charge < -0.3 is 19.3 Å². The first kappa shape index (κ1) is 16.8. The van der Waals surface area contributed by atoms with Crippen molar-refractivity contribution in [3.05, 3.63) is 40.8 Å². The van der Waals surface area contributed by atoms with E-state index in [1.807, 2.05) is 6.07 Å². The third-order valence-electron chi connectivity index (χ3n) is 4.51. The van der Waals surface area contributed by atoms with Crippen LogP contribution in [0.15, 0.2) is 22.7 Å². The van der Waals surface area contributed by atoms with E-state index in [4.69, 9.17) is 14.0 Å². The second-order valence-corrected chi connectivity index (χ2v) is 5.98. The fraction of sp³-hybridized carbons (Fsp3) is 0.526. The van der Waals surface area contributed by atoms with Gasteiger partial charge in [0, 0.05) is 24.6 Å². The van der Waals surface area contributed by atoms with E-state index < -0.39 is 0 Å². The maximum absolute atomic E-state index is 5.70. The summed E-state index contributed by atoms with van der Waals surface area (Å²) in [5.41, 5.74) is 3.47. The van der Waals surface area contributed by atoms with E-state index in [-0.39, 0.29) is 6.04 Å². The van der Waals surface area contributed by atoms with E-state index in [0.29, 0.717) is 13.2 Å². The van der Waals surface area contributed by atoms with Gasteiger partial charge in [-0.3, -0.25) is 0 Å². The molecule has 5 nitrogen and oxygen atoms in total. The summed E-state index contributed by atoms with van der Waals surface area (Å²) in [6.45, 7) is 8.39. The first-order valence-corrected chi connectivity index (χ1v) is 8.86. The van der Waals surface area contributed by atoms with E-state index in [1.165, 1.54) is 11.1 Å². The molecule has 0 saturated heterocycles. The van der Waals surface area contributed by atoms with Crippen molar-refractivity contribution in [1.29, 1.82) is 0 Å². The Balaban J connectivity index is 1.74. The number of hydrogen-bond donors (Lipinski definition) is 1. The minimum Gasteiger partial charge on any atom is -0.486 e. The van der Waals surface area contributed by atoms with Crippen molar-refractivity contribution >= 4 is 0 Å². The average molecular weight is 330 g/mol. The molecule has 2 aromatic rings. The van der Waals surface area contributed by atoms with Crippen LogP contribution in [-0.4, -0.2) is 18.4 Å². The summed E-state index contributed by atoms with van der Waals surface area (Å²) in [5.74, 6) is 2.66. The molecule has 2 heterocycles. The predicted molar refractivity (Wildman–Crippen MR) is 92.6 cm³/mol. The van der Waals surface area contributed by atoms with E-state index in [9.17, 15) is 0 Å². The third-order valence-corrected chi connectivity index (χ3v) is 4.51. The van der Waals surface area contributed by atoms with Crippen molar-refractivity contribution in [1.82, 2.24) is 10.5 Å². The van der Waals surface area contributed by atoms with Gasteiger partial charge in [0.15, 0.2) is 11.5 Å². The van der Waals surface area contributed by atoms with Crippen LogP contribution in [0.5, 0.6) is 11.5 Å². The molecule has 0 spiro atoms. The minimum atomic E-state index is 0.255. The first-order chi connectivity index (χ1) is 11.8. The molecule has 0 aliphatic carbocycles. The molecule has 130 valence electrons. The topological polar surface area (TPSA) is 56.5 Å². The summed E-state index contributed by atoms with van der Waals surface area (Å²) in [4.78, 5) is 0. The Labute approximate surface area is 143 Å². The molecule has 3 rings (SSSR count). The molecule has 0 amide bonds. The van der Waals surface area contributed by atoms with Gasteiger partial charge in [-0.2, -0.15) is 0 Å². The van der Waals surface area contributed by atoms with Gasteiger partial charge in [0.2, 0.25) is 0 Å². The Hall–Kier alpha value is -2.01. The van der Waals surface area contributed by atoms with Gasteiger partial charge in [0.1, 0.15) is 19.0 Å². The first-order valence-electron chi connectivity index (χ1n) is 8.86. The second-order valence-electron chi connectivity index (χ2n) is 5.98. The molecule has 0 radical (unpaired) electrons. The van der Waals surface area contributed by atoms with Crippen molar-refractivity contribution in [2.45, 2.75) is 52.6 Å².